The van der Waals surface area contributed by atoms with Gasteiger partial charge in [-0.2, -0.15) is 0 Å². The first kappa shape index (κ1) is 19.9. The minimum Gasteiger partial charge on any atom is -0.733 e. The molecule has 1 N–H and O–H groups in total. The zero-order chi connectivity index (χ0) is 22.7. The Morgan fingerprint density at radius 1 is 0.727 bits per heavy atom. The van der Waals surface area contributed by atoms with E-state index in [1.54, 1.807) is 0 Å². The molecule has 1 aliphatic heterocycles. The minimum absolute atomic E-state index is 0.0205. The van der Waals surface area contributed by atoms with Gasteiger partial charge in [0.05, 0.1) is 23.2 Å². The Balaban J connectivity index is 1.44. The fourth-order valence-electron chi connectivity index (χ4n) is 6.08. The zero-order valence-corrected chi connectivity index (χ0v) is 17.7. The van der Waals surface area contributed by atoms with Gasteiger partial charge in [0.25, 0.3) is 0 Å². The fourth-order valence-corrected chi connectivity index (χ4v) is 6.08. The van der Waals surface area contributed by atoms with Gasteiger partial charge in [-0.25, -0.2) is 0 Å². The number of nitrogens with zero attached hydrogens (tertiary/aromatic N) is 2. The number of hydrogen-bond donors (Lipinski definition) is 1. The lowest BCUT2D eigenvalue weighted by Gasteiger charge is -2.27. The zero-order valence-electron chi connectivity index (χ0n) is 17.7. The van der Waals surface area contributed by atoms with Crippen molar-refractivity contribution in [2.75, 3.05) is 10.1 Å². The fraction of sp³-hybridized carbons (Fsp3) is 0.185. The van der Waals surface area contributed by atoms with Crippen LogP contribution in [-0.4, -0.2) is 17.0 Å². The molecular weight excluding hydrogens is 416 g/mol. The lowest BCUT2D eigenvalue weighted by Crippen LogP contribution is -2.33. The van der Waals surface area contributed by atoms with Gasteiger partial charge in [0.15, 0.2) is 0 Å². The number of amides is 2. The largest absolute Gasteiger partial charge is 0.733 e. The molecule has 3 aromatic carbocycles. The third kappa shape index (κ3) is 2.88. The molecule has 1 saturated carbocycles. The molecule has 2 bridgehead atoms. The van der Waals surface area contributed by atoms with Crippen LogP contribution in [0.2, 0.25) is 0 Å². The van der Waals surface area contributed by atoms with Gasteiger partial charge in [-0.1, -0.05) is 60.7 Å². The SMILES string of the molecule is O=C1[C@@H]2[C@H](C(=O)N1c1ccc(N([O-])O)cc1)[C@H]1C[C@H]2C(c2ccccc2)=C1c1ccccc1. The molecule has 0 aromatic heterocycles. The molecule has 4 atom stereocenters. The number of benzene rings is 3. The van der Waals surface area contributed by atoms with E-state index < -0.39 is 11.8 Å². The van der Waals surface area contributed by atoms with Crippen LogP contribution in [0.3, 0.4) is 0 Å². The molecule has 0 radical (unpaired) electrons. The summed E-state index contributed by atoms with van der Waals surface area (Å²) in [5.41, 5.74) is 5.01. The summed E-state index contributed by atoms with van der Waals surface area (Å²) >= 11 is 0. The van der Waals surface area contributed by atoms with Crippen molar-refractivity contribution >= 4 is 34.3 Å². The van der Waals surface area contributed by atoms with E-state index >= 15 is 0 Å². The first-order chi connectivity index (χ1) is 16.1. The highest BCUT2D eigenvalue weighted by atomic mass is 16.8. The summed E-state index contributed by atoms with van der Waals surface area (Å²) in [7, 11) is 0. The average molecular weight is 437 g/mol. The van der Waals surface area contributed by atoms with Gasteiger partial charge in [-0.15, -0.1) is 0 Å². The van der Waals surface area contributed by atoms with Gasteiger partial charge in [-0.05, 0) is 64.8 Å². The molecule has 2 amide bonds. The van der Waals surface area contributed by atoms with Crippen LogP contribution in [0.4, 0.5) is 11.4 Å². The quantitative estimate of drug-likeness (QED) is 0.471. The predicted octanol–water partition coefficient (Wildman–Crippen LogP) is 4.75. The third-order valence-corrected chi connectivity index (χ3v) is 7.30. The van der Waals surface area contributed by atoms with Crippen LogP contribution in [0.15, 0.2) is 84.9 Å². The minimum atomic E-state index is -0.390. The Hall–Kier alpha value is -3.74. The number of carbonyl (C=O) groups excluding carboxylic acids is 2. The van der Waals surface area contributed by atoms with Crippen molar-refractivity contribution in [2.45, 2.75) is 6.42 Å². The second-order valence-corrected chi connectivity index (χ2v) is 8.86. The number of imide groups is 1. The van der Waals surface area contributed by atoms with Crippen LogP contribution >= 0.6 is 0 Å². The summed E-state index contributed by atoms with van der Waals surface area (Å²) in [6, 6.07) is 26.1. The number of hydrogen-bond acceptors (Lipinski definition) is 5. The normalized spacial score (nSPS) is 25.7. The molecule has 0 unspecified atom stereocenters. The van der Waals surface area contributed by atoms with Crippen LogP contribution in [-0.2, 0) is 9.59 Å². The van der Waals surface area contributed by atoms with E-state index in [2.05, 4.69) is 24.3 Å². The van der Waals surface area contributed by atoms with Crippen molar-refractivity contribution < 1.29 is 14.8 Å². The summed E-state index contributed by atoms with van der Waals surface area (Å²) in [4.78, 5) is 28.4. The maximum Gasteiger partial charge on any atom is 0.238 e. The molecule has 6 rings (SSSR count). The van der Waals surface area contributed by atoms with Gasteiger partial charge in [0.2, 0.25) is 11.8 Å². The van der Waals surface area contributed by atoms with E-state index in [-0.39, 0.29) is 34.6 Å². The lowest BCUT2D eigenvalue weighted by molar-refractivity contribution is -0.123. The van der Waals surface area contributed by atoms with Gasteiger partial charge in [-0.3, -0.25) is 19.7 Å². The molecule has 164 valence electrons. The summed E-state index contributed by atoms with van der Waals surface area (Å²) in [6.07, 6.45) is 0.795. The maximum absolute atomic E-state index is 13.6. The molecular formula is C27H21N2O4-. The summed E-state index contributed by atoms with van der Waals surface area (Å²) < 4.78 is 0. The highest BCUT2D eigenvalue weighted by Crippen LogP contribution is 2.63. The van der Waals surface area contributed by atoms with E-state index in [4.69, 9.17) is 5.21 Å². The first-order valence-electron chi connectivity index (χ1n) is 11.0. The van der Waals surface area contributed by atoms with E-state index in [1.807, 2.05) is 36.4 Å². The Kier molecular flexibility index (Phi) is 4.47. The van der Waals surface area contributed by atoms with Crippen LogP contribution < -0.4 is 10.1 Å². The maximum atomic E-state index is 13.6. The van der Waals surface area contributed by atoms with Crippen molar-refractivity contribution in [1.82, 2.24) is 0 Å². The van der Waals surface area contributed by atoms with E-state index in [9.17, 15) is 14.8 Å². The molecule has 6 heteroatoms. The molecule has 2 aliphatic carbocycles. The second kappa shape index (κ2) is 7.40. The molecule has 1 saturated heterocycles. The van der Waals surface area contributed by atoms with Crippen molar-refractivity contribution in [2.24, 2.45) is 23.7 Å². The topological polar surface area (TPSA) is 83.9 Å². The van der Waals surface area contributed by atoms with Crippen LogP contribution in [0.1, 0.15) is 17.5 Å². The molecule has 2 fully saturated rings. The van der Waals surface area contributed by atoms with Gasteiger partial charge >= 0.3 is 0 Å². The van der Waals surface area contributed by atoms with Crippen LogP contribution in [0, 0.1) is 28.9 Å². The third-order valence-electron chi connectivity index (χ3n) is 7.30. The predicted molar refractivity (Wildman–Crippen MR) is 125 cm³/mol. The van der Waals surface area contributed by atoms with Crippen molar-refractivity contribution in [1.29, 1.82) is 0 Å². The van der Waals surface area contributed by atoms with Gasteiger partial charge in [0, 0.05) is 0 Å². The number of fused-ring (bicyclic) bond motifs is 5. The lowest BCUT2D eigenvalue weighted by atomic mass is 9.73. The van der Waals surface area contributed by atoms with E-state index in [0.717, 1.165) is 17.5 Å². The molecule has 33 heavy (non-hydrogen) atoms. The molecule has 3 aromatic rings. The summed E-state index contributed by atoms with van der Waals surface area (Å²) in [5, 5.41) is 20.0. The molecule has 3 aliphatic rings. The van der Waals surface area contributed by atoms with Gasteiger partial charge < -0.3 is 10.4 Å². The Bertz CT molecular complexity index is 1190. The highest BCUT2D eigenvalue weighted by molar-refractivity contribution is 6.24. The number of allylic oxidation sites excluding steroid dienone is 2. The molecule has 0 spiro atoms. The molecule has 6 nitrogen and oxygen atoms in total. The van der Waals surface area contributed by atoms with Gasteiger partial charge in [0.1, 0.15) is 0 Å². The summed E-state index contributed by atoms with van der Waals surface area (Å²) in [6.45, 7) is 0. The molecule has 1 heterocycles. The number of carbonyl (C=O) groups is 2. The summed E-state index contributed by atoms with van der Waals surface area (Å²) in [5.74, 6) is -1.19. The Morgan fingerprint density at radius 2 is 1.18 bits per heavy atom. The smallest absolute Gasteiger partial charge is 0.238 e. The van der Waals surface area contributed by atoms with Crippen LogP contribution in [0.5, 0.6) is 0 Å². The first-order valence-corrected chi connectivity index (χ1v) is 11.0. The van der Waals surface area contributed by atoms with Crippen molar-refractivity contribution in [3.8, 4) is 0 Å². The standard InChI is InChI=1S/C27H21N2O4/c30-26-24-20-15-21(25(24)27(31)28(26)18-11-13-19(14-12-18)29(32)33)23(17-9-5-2-6-10-17)22(20)16-7-3-1-4-8-16/h1-14,20-21,24-25,32H,15H2/q-1/t20-,21-,24-,25+/m0/s1. The Labute approximate surface area is 190 Å². The average Bonchev–Trinajstić information content (AvgIpc) is 3.49. The number of rotatable bonds is 4. The number of anilines is 2. The second-order valence-electron chi connectivity index (χ2n) is 8.86. The highest BCUT2D eigenvalue weighted by Gasteiger charge is 2.64. The van der Waals surface area contributed by atoms with Crippen molar-refractivity contribution in [3.63, 3.8) is 0 Å². The Morgan fingerprint density at radius 3 is 1.61 bits per heavy atom. The van der Waals surface area contributed by atoms with E-state index in [1.165, 1.54) is 40.3 Å². The van der Waals surface area contributed by atoms with Crippen molar-refractivity contribution in [3.05, 3.63) is 101 Å². The van der Waals surface area contributed by atoms with Crippen LogP contribution in [0.25, 0.3) is 11.1 Å². The van der Waals surface area contributed by atoms with E-state index in [0.29, 0.717) is 5.69 Å². The monoisotopic (exact) mass is 437 g/mol.